The van der Waals surface area contributed by atoms with Gasteiger partial charge in [0.25, 0.3) is 5.91 Å². The monoisotopic (exact) mass is 372 g/mol. The van der Waals surface area contributed by atoms with Crippen LogP contribution in [0.25, 0.3) is 0 Å². The largest absolute Gasteiger partial charge is 0.346 e. The Morgan fingerprint density at radius 3 is 2.70 bits per heavy atom. The zero-order chi connectivity index (χ0) is 19.6. The Kier molecular flexibility index (Phi) is 5.01. The van der Waals surface area contributed by atoms with Gasteiger partial charge in [0.05, 0.1) is 11.1 Å². The number of hydrogen-bond donors (Lipinski definition) is 1. The van der Waals surface area contributed by atoms with Crippen molar-refractivity contribution in [2.45, 2.75) is 40.5 Å². The SMILES string of the molecule is CCn1cc(CNC(=O)c2ccn(Cn3nc(C)c([N+](=O)[O-])c3C)n2)cn1. The van der Waals surface area contributed by atoms with Gasteiger partial charge in [0.1, 0.15) is 23.8 Å². The molecule has 1 N–H and O–H groups in total. The highest BCUT2D eigenvalue weighted by Crippen LogP contribution is 2.21. The first-order chi connectivity index (χ1) is 12.9. The summed E-state index contributed by atoms with van der Waals surface area (Å²) in [7, 11) is 0. The number of hydrogen-bond acceptors (Lipinski definition) is 6. The van der Waals surface area contributed by atoms with E-state index in [1.165, 1.54) is 9.36 Å². The number of carbonyl (C=O) groups excluding carboxylic acids is 1. The van der Waals surface area contributed by atoms with E-state index in [1.807, 2.05) is 13.1 Å². The molecule has 0 unspecified atom stereocenters. The van der Waals surface area contributed by atoms with Crippen molar-refractivity contribution in [3.05, 3.63) is 57.4 Å². The van der Waals surface area contributed by atoms with Crippen LogP contribution in [0.4, 0.5) is 5.69 Å². The van der Waals surface area contributed by atoms with Crippen LogP contribution in [0.3, 0.4) is 0 Å². The third kappa shape index (κ3) is 3.86. The lowest BCUT2D eigenvalue weighted by Crippen LogP contribution is -2.23. The summed E-state index contributed by atoms with van der Waals surface area (Å²) in [5, 5.41) is 26.4. The van der Waals surface area contributed by atoms with Crippen molar-refractivity contribution in [3.63, 3.8) is 0 Å². The minimum Gasteiger partial charge on any atom is -0.346 e. The first-order valence-corrected chi connectivity index (χ1v) is 8.40. The second-order valence-electron chi connectivity index (χ2n) is 6.04. The van der Waals surface area contributed by atoms with Gasteiger partial charge in [-0.15, -0.1) is 0 Å². The zero-order valence-electron chi connectivity index (χ0n) is 15.3. The number of aryl methyl sites for hydroxylation is 2. The van der Waals surface area contributed by atoms with E-state index in [1.54, 1.807) is 37.0 Å². The molecule has 1 amide bonds. The molecular weight excluding hydrogens is 352 g/mol. The van der Waals surface area contributed by atoms with Crippen LogP contribution in [-0.2, 0) is 19.8 Å². The van der Waals surface area contributed by atoms with Gasteiger partial charge in [0, 0.05) is 31.0 Å². The molecule has 0 bridgehead atoms. The van der Waals surface area contributed by atoms with Crippen molar-refractivity contribution in [3.8, 4) is 0 Å². The molecule has 0 radical (unpaired) electrons. The summed E-state index contributed by atoms with van der Waals surface area (Å²) in [6.45, 7) is 6.50. The molecule has 0 saturated heterocycles. The van der Waals surface area contributed by atoms with Crippen molar-refractivity contribution >= 4 is 11.6 Å². The van der Waals surface area contributed by atoms with Crippen LogP contribution in [0.5, 0.6) is 0 Å². The van der Waals surface area contributed by atoms with Crippen molar-refractivity contribution in [1.29, 1.82) is 0 Å². The summed E-state index contributed by atoms with van der Waals surface area (Å²) in [6.07, 6.45) is 5.21. The van der Waals surface area contributed by atoms with Gasteiger partial charge < -0.3 is 5.32 Å². The first kappa shape index (κ1) is 18.3. The van der Waals surface area contributed by atoms with E-state index in [-0.39, 0.29) is 24.0 Å². The van der Waals surface area contributed by atoms with Crippen LogP contribution in [-0.4, -0.2) is 40.2 Å². The number of rotatable bonds is 7. The van der Waals surface area contributed by atoms with E-state index < -0.39 is 4.92 Å². The van der Waals surface area contributed by atoms with Gasteiger partial charge in [-0.25, -0.2) is 4.68 Å². The molecule has 11 heteroatoms. The minimum atomic E-state index is -0.448. The van der Waals surface area contributed by atoms with Crippen molar-refractivity contribution in [2.24, 2.45) is 0 Å². The fraction of sp³-hybridized carbons (Fsp3) is 0.375. The fourth-order valence-electron chi connectivity index (χ4n) is 2.73. The Bertz CT molecular complexity index is 984. The standard InChI is InChI=1S/C16H20N8O3/c1-4-21-9-13(8-18-21)7-17-16(25)14-5-6-22(20-14)10-23-12(3)15(24(26)27)11(2)19-23/h5-6,8-9H,4,7,10H2,1-3H3,(H,17,25). The molecule has 0 fully saturated rings. The summed E-state index contributed by atoms with van der Waals surface area (Å²) < 4.78 is 4.78. The van der Waals surface area contributed by atoms with E-state index in [0.29, 0.717) is 17.9 Å². The number of aromatic nitrogens is 6. The lowest BCUT2D eigenvalue weighted by atomic mass is 10.3. The third-order valence-corrected chi connectivity index (χ3v) is 4.14. The van der Waals surface area contributed by atoms with Gasteiger partial charge in [-0.2, -0.15) is 15.3 Å². The molecule has 0 aliphatic carbocycles. The molecule has 3 rings (SSSR count). The van der Waals surface area contributed by atoms with E-state index in [4.69, 9.17) is 0 Å². The van der Waals surface area contributed by atoms with Crippen LogP contribution in [0.15, 0.2) is 24.7 Å². The van der Waals surface area contributed by atoms with Gasteiger partial charge >= 0.3 is 5.69 Å². The van der Waals surface area contributed by atoms with Crippen LogP contribution in [0.2, 0.25) is 0 Å². The van der Waals surface area contributed by atoms with Gasteiger partial charge in [0.2, 0.25) is 0 Å². The van der Waals surface area contributed by atoms with Crippen molar-refractivity contribution in [1.82, 2.24) is 34.7 Å². The highest BCUT2D eigenvalue weighted by molar-refractivity contribution is 5.92. The van der Waals surface area contributed by atoms with Crippen molar-refractivity contribution in [2.75, 3.05) is 0 Å². The van der Waals surface area contributed by atoms with Crippen LogP contribution < -0.4 is 5.32 Å². The highest BCUT2D eigenvalue weighted by Gasteiger charge is 2.22. The quantitative estimate of drug-likeness (QED) is 0.491. The lowest BCUT2D eigenvalue weighted by Gasteiger charge is -2.04. The Labute approximate surface area is 154 Å². The molecule has 0 saturated carbocycles. The molecule has 0 spiro atoms. The summed E-state index contributed by atoms with van der Waals surface area (Å²) in [6, 6.07) is 1.59. The molecule has 0 aliphatic rings. The average molecular weight is 372 g/mol. The molecule has 3 aromatic heterocycles. The highest BCUT2D eigenvalue weighted by atomic mass is 16.6. The summed E-state index contributed by atoms with van der Waals surface area (Å²) in [5.41, 5.74) is 1.93. The molecule has 3 heterocycles. The Balaban J connectivity index is 1.65. The Hall–Kier alpha value is -3.50. The second-order valence-corrected chi connectivity index (χ2v) is 6.04. The molecular formula is C16H20N8O3. The average Bonchev–Trinajstić information content (AvgIpc) is 3.33. The number of amides is 1. The maximum absolute atomic E-state index is 12.2. The zero-order valence-corrected chi connectivity index (χ0v) is 15.3. The second kappa shape index (κ2) is 7.40. The summed E-state index contributed by atoms with van der Waals surface area (Å²) in [4.78, 5) is 22.9. The van der Waals surface area contributed by atoms with Crippen LogP contribution in [0.1, 0.15) is 34.4 Å². The number of nitrogens with one attached hydrogen (secondary N) is 1. The Morgan fingerprint density at radius 1 is 1.30 bits per heavy atom. The fourth-order valence-corrected chi connectivity index (χ4v) is 2.73. The van der Waals surface area contributed by atoms with Crippen molar-refractivity contribution < 1.29 is 9.72 Å². The van der Waals surface area contributed by atoms with Crippen LogP contribution >= 0.6 is 0 Å². The molecule has 11 nitrogen and oxygen atoms in total. The smallest absolute Gasteiger partial charge is 0.312 e. The maximum Gasteiger partial charge on any atom is 0.312 e. The number of carbonyl (C=O) groups is 1. The molecule has 0 aliphatic heterocycles. The number of nitrogens with zero attached hydrogens (tertiary/aromatic N) is 7. The molecule has 142 valence electrons. The van der Waals surface area contributed by atoms with Crippen LogP contribution in [0, 0.1) is 24.0 Å². The predicted octanol–water partition coefficient (Wildman–Crippen LogP) is 1.26. The Morgan fingerprint density at radius 2 is 2.07 bits per heavy atom. The predicted molar refractivity (Wildman–Crippen MR) is 95.1 cm³/mol. The molecule has 0 atom stereocenters. The summed E-state index contributed by atoms with van der Waals surface area (Å²) in [5.74, 6) is -0.308. The normalized spacial score (nSPS) is 10.9. The topological polar surface area (TPSA) is 126 Å². The number of nitro groups is 1. The third-order valence-electron chi connectivity index (χ3n) is 4.14. The van der Waals surface area contributed by atoms with E-state index in [2.05, 4.69) is 20.6 Å². The molecule has 27 heavy (non-hydrogen) atoms. The first-order valence-electron chi connectivity index (χ1n) is 8.40. The van der Waals surface area contributed by atoms with Gasteiger partial charge in [-0.3, -0.25) is 24.3 Å². The molecule has 3 aromatic rings. The molecule has 0 aromatic carbocycles. The van der Waals surface area contributed by atoms with Gasteiger partial charge in [0.15, 0.2) is 0 Å². The van der Waals surface area contributed by atoms with E-state index in [9.17, 15) is 14.9 Å². The minimum absolute atomic E-state index is 0.00671. The summed E-state index contributed by atoms with van der Waals surface area (Å²) >= 11 is 0. The van der Waals surface area contributed by atoms with Gasteiger partial charge in [-0.1, -0.05) is 0 Å². The van der Waals surface area contributed by atoms with Gasteiger partial charge in [-0.05, 0) is 26.8 Å². The van der Waals surface area contributed by atoms with E-state index in [0.717, 1.165) is 12.1 Å². The van der Waals surface area contributed by atoms with E-state index >= 15 is 0 Å². The maximum atomic E-state index is 12.2. The lowest BCUT2D eigenvalue weighted by molar-refractivity contribution is -0.386.